The van der Waals surface area contributed by atoms with Gasteiger partial charge in [0.2, 0.25) is 5.67 Å². The van der Waals surface area contributed by atoms with Gasteiger partial charge in [-0.3, -0.25) is 10.1 Å². The minimum atomic E-state index is -2.06. The minimum absolute atomic E-state index is 0.0112. The number of anilines is 2. The molecule has 1 fully saturated rings. The van der Waals surface area contributed by atoms with Crippen LogP contribution >= 0.6 is 11.3 Å². The first kappa shape index (κ1) is 15.0. The fourth-order valence-electron chi connectivity index (χ4n) is 2.64. The van der Waals surface area contributed by atoms with Gasteiger partial charge in [0.15, 0.2) is 10.7 Å². The lowest BCUT2D eigenvalue weighted by Gasteiger charge is -2.18. The van der Waals surface area contributed by atoms with Crippen LogP contribution in [-0.2, 0) is 4.79 Å². The number of hydrogen-bond donors (Lipinski definition) is 1. The van der Waals surface area contributed by atoms with Crippen LogP contribution in [0.4, 0.5) is 19.9 Å². The highest BCUT2D eigenvalue weighted by Crippen LogP contribution is 2.32. The van der Waals surface area contributed by atoms with E-state index in [-0.39, 0.29) is 31.1 Å². The molecule has 6 nitrogen and oxygen atoms in total. The SMILES string of the molecule is O=C(Nc1nccs1)C1(F)CCN(c2nc3ccc(F)cc3o2)C1. The summed E-state index contributed by atoms with van der Waals surface area (Å²) in [4.78, 5) is 21.9. The van der Waals surface area contributed by atoms with Gasteiger partial charge in [-0.15, -0.1) is 11.3 Å². The highest BCUT2D eigenvalue weighted by atomic mass is 32.1. The van der Waals surface area contributed by atoms with E-state index in [4.69, 9.17) is 4.42 Å². The molecule has 0 saturated carbocycles. The third-order valence-corrected chi connectivity index (χ3v) is 4.58. The molecule has 1 N–H and O–H groups in total. The number of alkyl halides is 1. The summed E-state index contributed by atoms with van der Waals surface area (Å²) < 4.78 is 33.6. The Hall–Kier alpha value is -2.55. The van der Waals surface area contributed by atoms with E-state index < -0.39 is 17.4 Å². The van der Waals surface area contributed by atoms with Gasteiger partial charge >= 0.3 is 0 Å². The molecule has 2 aromatic heterocycles. The maximum Gasteiger partial charge on any atom is 0.298 e. The van der Waals surface area contributed by atoms with Crippen LogP contribution in [0.2, 0.25) is 0 Å². The maximum atomic E-state index is 14.9. The predicted octanol–water partition coefficient (Wildman–Crippen LogP) is 2.98. The van der Waals surface area contributed by atoms with Crippen molar-refractivity contribution in [2.75, 3.05) is 23.3 Å². The topological polar surface area (TPSA) is 71.3 Å². The Morgan fingerprint density at radius 2 is 2.33 bits per heavy atom. The van der Waals surface area contributed by atoms with Crippen LogP contribution in [-0.4, -0.2) is 34.6 Å². The summed E-state index contributed by atoms with van der Waals surface area (Å²) >= 11 is 1.22. The van der Waals surface area contributed by atoms with Gasteiger partial charge in [0.05, 0.1) is 6.54 Å². The third kappa shape index (κ3) is 2.60. The van der Waals surface area contributed by atoms with Crippen molar-refractivity contribution in [3.8, 4) is 0 Å². The molecule has 24 heavy (non-hydrogen) atoms. The Labute approximate surface area is 139 Å². The molecule has 1 aromatic carbocycles. The van der Waals surface area contributed by atoms with E-state index in [0.717, 1.165) is 0 Å². The van der Waals surface area contributed by atoms with Gasteiger partial charge in [0, 0.05) is 30.6 Å². The quantitative estimate of drug-likeness (QED) is 0.786. The summed E-state index contributed by atoms with van der Waals surface area (Å²) in [6.07, 6.45) is 1.54. The van der Waals surface area contributed by atoms with Crippen molar-refractivity contribution in [3.63, 3.8) is 0 Å². The molecule has 0 bridgehead atoms. The number of carbonyl (C=O) groups excluding carboxylic acids is 1. The van der Waals surface area contributed by atoms with Gasteiger partial charge < -0.3 is 9.32 Å². The molecule has 1 saturated heterocycles. The smallest absolute Gasteiger partial charge is 0.298 e. The minimum Gasteiger partial charge on any atom is -0.423 e. The van der Waals surface area contributed by atoms with Crippen molar-refractivity contribution < 1.29 is 18.0 Å². The Morgan fingerprint density at radius 1 is 1.46 bits per heavy atom. The zero-order valence-corrected chi connectivity index (χ0v) is 13.1. The molecular weight excluding hydrogens is 338 g/mol. The van der Waals surface area contributed by atoms with Gasteiger partial charge in [0.25, 0.3) is 11.9 Å². The predicted molar refractivity (Wildman–Crippen MR) is 85.4 cm³/mol. The fourth-order valence-corrected chi connectivity index (χ4v) is 3.16. The molecule has 1 atom stereocenters. The number of nitrogens with zero attached hydrogens (tertiary/aromatic N) is 3. The van der Waals surface area contributed by atoms with Crippen molar-refractivity contribution in [2.45, 2.75) is 12.1 Å². The van der Waals surface area contributed by atoms with Crippen LogP contribution in [0.3, 0.4) is 0 Å². The van der Waals surface area contributed by atoms with Crippen LogP contribution in [0.1, 0.15) is 6.42 Å². The van der Waals surface area contributed by atoms with Crippen molar-refractivity contribution in [1.82, 2.24) is 9.97 Å². The van der Waals surface area contributed by atoms with E-state index in [2.05, 4.69) is 15.3 Å². The monoisotopic (exact) mass is 350 g/mol. The first-order chi connectivity index (χ1) is 11.5. The molecule has 1 aliphatic heterocycles. The number of hydrogen-bond acceptors (Lipinski definition) is 6. The first-order valence-corrected chi connectivity index (χ1v) is 8.12. The highest BCUT2D eigenvalue weighted by Gasteiger charge is 2.46. The Balaban J connectivity index is 1.53. The average molecular weight is 350 g/mol. The molecule has 124 valence electrons. The number of halogens is 2. The molecule has 3 heterocycles. The second-order valence-corrected chi connectivity index (χ2v) is 6.43. The van der Waals surface area contributed by atoms with Crippen molar-refractivity contribution in [3.05, 3.63) is 35.6 Å². The summed E-state index contributed by atoms with van der Waals surface area (Å²) in [5.74, 6) is -1.17. The van der Waals surface area contributed by atoms with Gasteiger partial charge in [-0.25, -0.2) is 13.8 Å². The highest BCUT2D eigenvalue weighted by molar-refractivity contribution is 7.13. The summed E-state index contributed by atoms with van der Waals surface area (Å²) in [5.41, 5.74) is -1.29. The summed E-state index contributed by atoms with van der Waals surface area (Å²) in [5, 5.41) is 4.52. The van der Waals surface area contributed by atoms with Crippen LogP contribution in [0.5, 0.6) is 0 Å². The van der Waals surface area contributed by atoms with E-state index in [1.165, 1.54) is 35.7 Å². The zero-order chi connectivity index (χ0) is 16.7. The Bertz CT molecular complexity index is 898. The van der Waals surface area contributed by atoms with Crippen molar-refractivity contribution >= 4 is 39.5 Å². The van der Waals surface area contributed by atoms with Crippen LogP contribution in [0, 0.1) is 5.82 Å². The molecule has 0 aliphatic carbocycles. The van der Waals surface area contributed by atoms with E-state index in [1.807, 2.05) is 0 Å². The average Bonchev–Trinajstić information content (AvgIpc) is 3.26. The number of aromatic nitrogens is 2. The number of amides is 1. The van der Waals surface area contributed by atoms with Crippen LogP contribution in [0.15, 0.2) is 34.2 Å². The summed E-state index contributed by atoms with van der Waals surface area (Å²) in [6.45, 7) is 0.0939. The molecule has 3 aromatic rings. The Kier molecular flexibility index (Phi) is 3.45. The summed E-state index contributed by atoms with van der Waals surface area (Å²) in [7, 11) is 0. The van der Waals surface area contributed by atoms with Gasteiger partial charge in [-0.05, 0) is 12.1 Å². The van der Waals surface area contributed by atoms with Crippen molar-refractivity contribution in [1.29, 1.82) is 0 Å². The van der Waals surface area contributed by atoms with E-state index in [9.17, 15) is 13.6 Å². The lowest BCUT2D eigenvalue weighted by molar-refractivity contribution is -0.126. The number of carbonyl (C=O) groups is 1. The number of benzene rings is 1. The molecule has 1 amide bonds. The molecule has 1 unspecified atom stereocenters. The van der Waals surface area contributed by atoms with Crippen LogP contribution < -0.4 is 10.2 Å². The lowest BCUT2D eigenvalue weighted by Crippen LogP contribution is -2.41. The standard InChI is InChI=1S/C15H12F2N4O2S/c16-9-1-2-10-11(7-9)23-14(19-10)21-5-3-15(17,8-21)12(22)20-13-18-4-6-24-13/h1-2,4,6-7H,3,5,8H2,(H,18,20,22). The molecule has 0 spiro atoms. The molecular formula is C15H12F2N4O2S. The van der Waals surface area contributed by atoms with E-state index in [1.54, 1.807) is 10.3 Å². The Morgan fingerprint density at radius 3 is 3.12 bits per heavy atom. The molecule has 9 heteroatoms. The molecule has 0 radical (unpaired) electrons. The number of nitrogens with one attached hydrogen (secondary N) is 1. The number of oxazole rings is 1. The zero-order valence-electron chi connectivity index (χ0n) is 12.3. The third-order valence-electron chi connectivity index (χ3n) is 3.89. The lowest BCUT2D eigenvalue weighted by atomic mass is 10.1. The number of thiazole rings is 1. The number of fused-ring (bicyclic) bond motifs is 1. The summed E-state index contributed by atoms with van der Waals surface area (Å²) in [6, 6.07) is 4.17. The largest absolute Gasteiger partial charge is 0.423 e. The molecule has 4 rings (SSSR count). The van der Waals surface area contributed by atoms with Gasteiger partial charge in [-0.2, -0.15) is 4.98 Å². The molecule has 1 aliphatic rings. The van der Waals surface area contributed by atoms with Gasteiger partial charge in [0.1, 0.15) is 11.3 Å². The first-order valence-electron chi connectivity index (χ1n) is 7.24. The second kappa shape index (κ2) is 5.52. The van der Waals surface area contributed by atoms with Gasteiger partial charge in [-0.1, -0.05) is 0 Å². The van der Waals surface area contributed by atoms with E-state index in [0.29, 0.717) is 10.6 Å². The second-order valence-electron chi connectivity index (χ2n) is 5.54. The van der Waals surface area contributed by atoms with E-state index >= 15 is 0 Å². The normalized spacial score (nSPS) is 20.7. The van der Waals surface area contributed by atoms with Crippen LogP contribution in [0.25, 0.3) is 11.1 Å². The fraction of sp³-hybridized carbons (Fsp3) is 0.267. The maximum absolute atomic E-state index is 14.9. The number of rotatable bonds is 3. The van der Waals surface area contributed by atoms with Crippen molar-refractivity contribution in [2.24, 2.45) is 0 Å².